The van der Waals surface area contributed by atoms with Crippen molar-refractivity contribution in [2.24, 2.45) is 0 Å². The Kier molecular flexibility index (Phi) is 28.2. The third-order valence-corrected chi connectivity index (χ3v) is 7.32. The molecule has 0 aromatic heterocycles. The lowest BCUT2D eigenvalue weighted by Crippen LogP contribution is -2.50. The Morgan fingerprint density at radius 3 is 0.971 bits per heavy atom. The highest BCUT2D eigenvalue weighted by Crippen LogP contribution is 2.16. The highest BCUT2D eigenvalue weighted by Gasteiger charge is 2.22. The number of nitrogens with zero attached hydrogens (tertiary/aromatic N) is 2. The quantitative estimate of drug-likeness (QED) is 0.0784. The highest BCUT2D eigenvalue weighted by molar-refractivity contribution is 4.73. The van der Waals surface area contributed by atoms with E-state index in [-0.39, 0.29) is 19.8 Å². The van der Waals surface area contributed by atoms with Crippen molar-refractivity contribution in [1.29, 1.82) is 0 Å². The summed E-state index contributed by atoms with van der Waals surface area (Å²) in [7, 11) is 0. The van der Waals surface area contributed by atoms with Gasteiger partial charge in [-0.25, -0.2) is 0 Å². The third kappa shape index (κ3) is 21.6. The van der Waals surface area contributed by atoms with Crippen molar-refractivity contribution >= 4 is 0 Å². The zero-order chi connectivity index (χ0) is 25.8. The normalized spacial score (nSPS) is 12.8. The van der Waals surface area contributed by atoms with Crippen molar-refractivity contribution in [2.45, 2.75) is 148 Å². The lowest BCUT2D eigenvalue weighted by atomic mass is 10.0. The Balaban J connectivity index is 4.00. The molecule has 0 spiro atoms. The van der Waals surface area contributed by atoms with Crippen LogP contribution in [0.4, 0.5) is 0 Å². The predicted molar refractivity (Wildman–Crippen MR) is 152 cm³/mol. The Hall–Kier alpha value is -0.200. The summed E-state index contributed by atoms with van der Waals surface area (Å²) in [6, 6.07) is 0. The van der Waals surface area contributed by atoms with E-state index in [2.05, 4.69) is 23.6 Å². The van der Waals surface area contributed by atoms with Crippen molar-refractivity contribution in [2.75, 3.05) is 46.0 Å². The number of unbranched alkanes of at least 4 members (excludes halogenated alkanes) is 15. The summed E-state index contributed by atoms with van der Waals surface area (Å²) >= 11 is 0. The molecule has 5 heteroatoms. The monoisotopic (exact) mass is 500 g/mol. The van der Waals surface area contributed by atoms with E-state index in [1.807, 2.05) is 0 Å². The molecule has 0 saturated heterocycles. The average Bonchev–Trinajstić information content (AvgIpc) is 2.87. The van der Waals surface area contributed by atoms with Gasteiger partial charge in [-0.1, -0.05) is 110 Å². The van der Waals surface area contributed by atoms with Crippen LogP contribution in [0.2, 0.25) is 0 Å². The number of aliphatic hydroxyl groups excluding tert-OH is 3. The van der Waals surface area contributed by atoms with Gasteiger partial charge in [0.15, 0.2) is 0 Å². The molecule has 1 unspecified atom stereocenters. The lowest BCUT2D eigenvalue weighted by Gasteiger charge is -2.39. The Morgan fingerprint density at radius 1 is 0.400 bits per heavy atom. The van der Waals surface area contributed by atoms with E-state index in [1.54, 1.807) is 0 Å². The zero-order valence-corrected chi connectivity index (χ0v) is 23.9. The first-order chi connectivity index (χ1) is 17.2. The Labute approximate surface area is 219 Å². The first-order valence-electron chi connectivity index (χ1n) is 15.6. The number of rotatable bonds is 29. The molecular formula is C30H64N2O3. The molecule has 0 saturated carbocycles. The van der Waals surface area contributed by atoms with Gasteiger partial charge in [-0.3, -0.25) is 9.80 Å². The fraction of sp³-hybridized carbons (Fsp3) is 1.00. The van der Waals surface area contributed by atoms with E-state index < -0.39 is 0 Å². The van der Waals surface area contributed by atoms with Crippen LogP contribution in [0.1, 0.15) is 142 Å². The van der Waals surface area contributed by atoms with Crippen LogP contribution in [0.5, 0.6) is 0 Å². The number of aliphatic hydroxyl groups is 3. The smallest absolute Gasteiger partial charge is 0.0619 e. The largest absolute Gasteiger partial charge is 0.396 e. The first-order valence-corrected chi connectivity index (χ1v) is 15.6. The van der Waals surface area contributed by atoms with Crippen molar-refractivity contribution in [3.05, 3.63) is 0 Å². The van der Waals surface area contributed by atoms with Crippen molar-refractivity contribution in [3.8, 4) is 0 Å². The van der Waals surface area contributed by atoms with Gasteiger partial charge in [-0.2, -0.15) is 0 Å². The standard InChI is InChI=1S/C30H64N2O3/c1-3-5-6-7-8-9-10-11-12-13-14-15-16-17-18-19-23-31(24-20-27-33)30(4-2)32(25-21-28-34)26-22-29-35/h30,33-35H,3-29H2,1-2H3. The maximum absolute atomic E-state index is 9.40. The van der Waals surface area contributed by atoms with Crippen LogP contribution in [0.3, 0.4) is 0 Å². The molecule has 0 amide bonds. The van der Waals surface area contributed by atoms with Gasteiger partial charge in [0, 0.05) is 39.5 Å². The van der Waals surface area contributed by atoms with E-state index >= 15 is 0 Å². The van der Waals surface area contributed by atoms with Gasteiger partial charge in [-0.15, -0.1) is 0 Å². The summed E-state index contributed by atoms with van der Waals surface area (Å²) < 4.78 is 0. The van der Waals surface area contributed by atoms with Crippen molar-refractivity contribution in [3.63, 3.8) is 0 Å². The van der Waals surface area contributed by atoms with Crippen molar-refractivity contribution < 1.29 is 15.3 Å². The third-order valence-electron chi connectivity index (χ3n) is 7.32. The second-order valence-corrected chi connectivity index (χ2v) is 10.5. The second kappa shape index (κ2) is 28.4. The molecule has 3 N–H and O–H groups in total. The molecule has 1 atom stereocenters. The van der Waals surface area contributed by atoms with E-state index in [0.717, 1.165) is 51.9 Å². The average molecular weight is 501 g/mol. The number of hydrogen-bond acceptors (Lipinski definition) is 5. The zero-order valence-electron chi connectivity index (χ0n) is 23.9. The topological polar surface area (TPSA) is 67.2 Å². The summed E-state index contributed by atoms with van der Waals surface area (Å²) in [6.45, 7) is 8.90. The van der Waals surface area contributed by atoms with Gasteiger partial charge in [0.2, 0.25) is 0 Å². The van der Waals surface area contributed by atoms with E-state index in [9.17, 15) is 15.3 Å². The van der Waals surface area contributed by atoms with Gasteiger partial charge in [0.25, 0.3) is 0 Å². The maximum atomic E-state index is 9.40. The van der Waals surface area contributed by atoms with Gasteiger partial charge < -0.3 is 15.3 Å². The molecule has 212 valence electrons. The second-order valence-electron chi connectivity index (χ2n) is 10.5. The lowest BCUT2D eigenvalue weighted by molar-refractivity contribution is 0.0259. The summed E-state index contributed by atoms with van der Waals surface area (Å²) in [5.41, 5.74) is 0. The molecule has 0 aromatic carbocycles. The fourth-order valence-electron chi connectivity index (χ4n) is 5.25. The molecule has 0 fully saturated rings. The molecule has 35 heavy (non-hydrogen) atoms. The van der Waals surface area contributed by atoms with Crippen LogP contribution >= 0.6 is 0 Å². The number of hydrogen-bond donors (Lipinski definition) is 3. The van der Waals surface area contributed by atoms with Crippen molar-refractivity contribution in [1.82, 2.24) is 9.80 Å². The minimum Gasteiger partial charge on any atom is -0.396 e. The predicted octanol–water partition coefficient (Wildman–Crippen LogP) is 6.74. The summed E-state index contributed by atoms with van der Waals surface area (Å²) in [5.74, 6) is 0. The molecule has 0 aromatic rings. The van der Waals surface area contributed by atoms with Crippen LogP contribution in [0.25, 0.3) is 0 Å². The minimum atomic E-state index is 0.210. The maximum Gasteiger partial charge on any atom is 0.0619 e. The van der Waals surface area contributed by atoms with Gasteiger partial charge >= 0.3 is 0 Å². The summed E-state index contributed by atoms with van der Waals surface area (Å²) in [5, 5.41) is 28.0. The van der Waals surface area contributed by atoms with Crippen LogP contribution in [-0.4, -0.2) is 77.3 Å². The molecule has 0 bridgehead atoms. The molecule has 0 aliphatic heterocycles. The van der Waals surface area contributed by atoms with Gasteiger partial charge in [0.05, 0.1) is 6.17 Å². The molecule has 0 heterocycles. The van der Waals surface area contributed by atoms with Crippen LogP contribution < -0.4 is 0 Å². The van der Waals surface area contributed by atoms with E-state index in [0.29, 0.717) is 6.17 Å². The minimum absolute atomic E-state index is 0.210. The fourth-order valence-corrected chi connectivity index (χ4v) is 5.25. The molecule has 0 rings (SSSR count). The molecule has 0 radical (unpaired) electrons. The van der Waals surface area contributed by atoms with E-state index in [4.69, 9.17) is 0 Å². The Morgan fingerprint density at radius 2 is 0.686 bits per heavy atom. The molecule has 0 aliphatic rings. The highest BCUT2D eigenvalue weighted by atomic mass is 16.3. The molecule has 0 aliphatic carbocycles. The molecular weight excluding hydrogens is 436 g/mol. The first kappa shape index (κ1) is 34.8. The van der Waals surface area contributed by atoms with Gasteiger partial charge in [0.1, 0.15) is 0 Å². The molecule has 5 nitrogen and oxygen atoms in total. The summed E-state index contributed by atoms with van der Waals surface area (Å²) in [6.07, 6.45) is 26.0. The van der Waals surface area contributed by atoms with Gasteiger partial charge in [-0.05, 0) is 38.6 Å². The SMILES string of the molecule is CCCCCCCCCCCCCCCCCCN(CCCO)C(CC)N(CCCO)CCCO. The van der Waals surface area contributed by atoms with E-state index in [1.165, 1.54) is 103 Å². The van der Waals surface area contributed by atoms with Crippen LogP contribution in [-0.2, 0) is 0 Å². The van der Waals surface area contributed by atoms with Crippen LogP contribution in [0.15, 0.2) is 0 Å². The Bertz CT molecular complexity index is 390. The van der Waals surface area contributed by atoms with Crippen LogP contribution in [0, 0.1) is 0 Å². The summed E-state index contributed by atoms with van der Waals surface area (Å²) in [4.78, 5) is 4.96.